The maximum Gasteiger partial charge on any atom is 0.312 e. The number of aryl methyl sites for hydroxylation is 1. The molecule has 0 spiro atoms. The maximum atomic E-state index is 12.9. The number of benzene rings is 2. The van der Waals surface area contributed by atoms with Gasteiger partial charge in [0.25, 0.3) is 0 Å². The number of anilines is 1. The highest BCUT2D eigenvalue weighted by Gasteiger charge is 2.25. The Labute approximate surface area is 152 Å². The Morgan fingerprint density at radius 1 is 1.04 bits per heavy atom. The van der Waals surface area contributed by atoms with E-state index in [0.717, 1.165) is 11.3 Å². The summed E-state index contributed by atoms with van der Waals surface area (Å²) in [5, 5.41) is 2.60. The highest BCUT2D eigenvalue weighted by Crippen LogP contribution is 2.17. The second-order valence-electron chi connectivity index (χ2n) is 6.43. The van der Waals surface area contributed by atoms with Gasteiger partial charge in [0.1, 0.15) is 5.82 Å². The van der Waals surface area contributed by atoms with Crippen LogP contribution >= 0.6 is 0 Å². The summed E-state index contributed by atoms with van der Waals surface area (Å²) in [5.74, 6) is -1.48. The van der Waals surface area contributed by atoms with E-state index in [2.05, 4.69) is 35.3 Å². The number of hydrogen-bond donors (Lipinski definition) is 1. The Morgan fingerprint density at radius 3 is 2.38 bits per heavy atom. The molecule has 1 N–H and O–H groups in total. The van der Waals surface area contributed by atoms with Gasteiger partial charge in [0.05, 0.1) is 0 Å². The first-order valence-electron chi connectivity index (χ1n) is 8.66. The van der Waals surface area contributed by atoms with E-state index in [1.165, 1.54) is 17.7 Å². The maximum absolute atomic E-state index is 12.9. The molecule has 2 aromatic carbocycles. The van der Waals surface area contributed by atoms with Crippen LogP contribution in [0, 0.1) is 12.7 Å². The van der Waals surface area contributed by atoms with Gasteiger partial charge in [0.15, 0.2) is 0 Å². The number of hydrogen-bond acceptors (Lipinski definition) is 3. The molecule has 1 aliphatic heterocycles. The lowest BCUT2D eigenvalue weighted by Gasteiger charge is -2.35. The van der Waals surface area contributed by atoms with E-state index in [9.17, 15) is 14.0 Å². The van der Waals surface area contributed by atoms with Gasteiger partial charge in [-0.05, 0) is 42.3 Å². The van der Waals surface area contributed by atoms with Gasteiger partial charge in [0.2, 0.25) is 0 Å². The third kappa shape index (κ3) is 4.39. The number of halogens is 1. The van der Waals surface area contributed by atoms with E-state index in [0.29, 0.717) is 26.2 Å². The largest absolute Gasteiger partial charge is 0.368 e. The van der Waals surface area contributed by atoms with Crippen LogP contribution in [0.25, 0.3) is 0 Å². The first-order valence-corrected chi connectivity index (χ1v) is 8.66. The summed E-state index contributed by atoms with van der Waals surface area (Å²) >= 11 is 0. The Balaban J connectivity index is 1.49. The lowest BCUT2D eigenvalue weighted by Crippen LogP contribution is -2.52. The molecule has 26 heavy (non-hydrogen) atoms. The molecule has 1 heterocycles. The average Bonchev–Trinajstić information content (AvgIpc) is 2.67. The molecule has 0 bridgehead atoms. The van der Waals surface area contributed by atoms with Gasteiger partial charge in [-0.1, -0.05) is 24.3 Å². The van der Waals surface area contributed by atoms with Crippen molar-refractivity contribution in [1.29, 1.82) is 0 Å². The highest BCUT2D eigenvalue weighted by molar-refractivity contribution is 6.35. The van der Waals surface area contributed by atoms with Crippen molar-refractivity contribution in [1.82, 2.24) is 10.2 Å². The molecule has 5 nitrogen and oxygen atoms in total. The fourth-order valence-electron chi connectivity index (χ4n) is 3.00. The van der Waals surface area contributed by atoms with Crippen LogP contribution in [0.15, 0.2) is 48.5 Å². The van der Waals surface area contributed by atoms with Gasteiger partial charge >= 0.3 is 11.8 Å². The number of carbonyl (C=O) groups excluding carboxylic acids is 2. The van der Waals surface area contributed by atoms with Crippen LogP contribution in [-0.4, -0.2) is 42.9 Å². The zero-order valence-electron chi connectivity index (χ0n) is 14.7. The van der Waals surface area contributed by atoms with E-state index in [1.807, 2.05) is 6.07 Å². The van der Waals surface area contributed by atoms with Gasteiger partial charge in [-0.25, -0.2) is 4.39 Å². The summed E-state index contributed by atoms with van der Waals surface area (Å²) in [6.07, 6.45) is 0. The first kappa shape index (κ1) is 17.9. The fourth-order valence-corrected chi connectivity index (χ4v) is 3.00. The molecular weight excluding hydrogens is 333 g/mol. The lowest BCUT2D eigenvalue weighted by atomic mass is 10.2. The molecule has 1 saturated heterocycles. The smallest absolute Gasteiger partial charge is 0.312 e. The number of carbonyl (C=O) groups is 2. The van der Waals surface area contributed by atoms with Gasteiger partial charge in [-0.3, -0.25) is 9.59 Å². The number of amides is 2. The van der Waals surface area contributed by atoms with Gasteiger partial charge in [-0.15, -0.1) is 0 Å². The summed E-state index contributed by atoms with van der Waals surface area (Å²) in [4.78, 5) is 28.2. The first-order chi connectivity index (χ1) is 12.5. The van der Waals surface area contributed by atoms with Crippen LogP contribution in [0.4, 0.5) is 10.1 Å². The van der Waals surface area contributed by atoms with Crippen LogP contribution < -0.4 is 10.2 Å². The second kappa shape index (κ2) is 7.99. The van der Waals surface area contributed by atoms with Crippen LogP contribution in [-0.2, 0) is 16.1 Å². The molecule has 2 amide bonds. The van der Waals surface area contributed by atoms with Crippen molar-refractivity contribution in [2.24, 2.45) is 0 Å². The highest BCUT2D eigenvalue weighted by atomic mass is 19.1. The Morgan fingerprint density at radius 2 is 1.73 bits per heavy atom. The minimum absolute atomic E-state index is 0.202. The molecule has 0 aliphatic carbocycles. The van der Waals surface area contributed by atoms with Crippen LogP contribution in [0.2, 0.25) is 0 Å². The molecule has 0 atom stereocenters. The quantitative estimate of drug-likeness (QED) is 0.858. The Bertz CT molecular complexity index is 784. The second-order valence-corrected chi connectivity index (χ2v) is 6.43. The van der Waals surface area contributed by atoms with Gasteiger partial charge in [0, 0.05) is 38.4 Å². The molecular formula is C20H22FN3O2. The SMILES string of the molecule is Cc1cccc(N2CCN(C(=O)C(=O)NCc3ccc(F)cc3)CC2)c1. The van der Waals surface area contributed by atoms with Crippen molar-refractivity contribution in [2.75, 3.05) is 31.1 Å². The van der Waals surface area contributed by atoms with Crippen molar-refractivity contribution in [3.63, 3.8) is 0 Å². The topological polar surface area (TPSA) is 52.7 Å². The number of piperazine rings is 1. The van der Waals surface area contributed by atoms with E-state index >= 15 is 0 Å². The predicted octanol–water partition coefficient (Wildman–Crippen LogP) is 2.10. The number of rotatable bonds is 3. The molecule has 6 heteroatoms. The Kier molecular flexibility index (Phi) is 5.51. The number of nitrogens with one attached hydrogen (secondary N) is 1. The summed E-state index contributed by atoms with van der Waals surface area (Å²) in [6, 6.07) is 14.1. The fraction of sp³-hybridized carbons (Fsp3) is 0.300. The predicted molar refractivity (Wildman–Crippen MR) is 98.2 cm³/mol. The summed E-state index contributed by atoms with van der Waals surface area (Å²) < 4.78 is 12.9. The summed E-state index contributed by atoms with van der Waals surface area (Å²) in [7, 11) is 0. The zero-order chi connectivity index (χ0) is 18.5. The lowest BCUT2D eigenvalue weighted by molar-refractivity contribution is -0.146. The van der Waals surface area contributed by atoms with Crippen molar-refractivity contribution in [2.45, 2.75) is 13.5 Å². The minimum atomic E-state index is -0.627. The van der Waals surface area contributed by atoms with Crippen LogP contribution in [0.5, 0.6) is 0 Å². The van der Waals surface area contributed by atoms with Gasteiger partial charge in [-0.2, -0.15) is 0 Å². The molecule has 136 valence electrons. The monoisotopic (exact) mass is 355 g/mol. The Hall–Kier alpha value is -2.89. The van der Waals surface area contributed by atoms with Crippen LogP contribution in [0.3, 0.4) is 0 Å². The summed E-state index contributed by atoms with van der Waals surface area (Å²) in [5.41, 5.74) is 3.08. The molecule has 3 rings (SSSR count). The molecule has 1 aliphatic rings. The third-order valence-electron chi connectivity index (χ3n) is 4.49. The van der Waals surface area contributed by atoms with E-state index in [1.54, 1.807) is 17.0 Å². The van der Waals surface area contributed by atoms with E-state index < -0.39 is 11.8 Å². The zero-order valence-corrected chi connectivity index (χ0v) is 14.7. The molecule has 0 aromatic heterocycles. The van der Waals surface area contributed by atoms with Crippen molar-refractivity contribution in [3.8, 4) is 0 Å². The third-order valence-corrected chi connectivity index (χ3v) is 4.49. The van der Waals surface area contributed by atoms with E-state index in [-0.39, 0.29) is 12.4 Å². The molecule has 1 fully saturated rings. The van der Waals surface area contributed by atoms with Crippen molar-refractivity contribution in [3.05, 3.63) is 65.5 Å². The summed E-state index contributed by atoms with van der Waals surface area (Å²) in [6.45, 7) is 4.66. The van der Waals surface area contributed by atoms with Gasteiger partial charge < -0.3 is 15.1 Å². The van der Waals surface area contributed by atoms with E-state index in [4.69, 9.17) is 0 Å². The normalized spacial score (nSPS) is 14.2. The molecule has 2 aromatic rings. The molecule has 0 unspecified atom stereocenters. The molecule has 0 radical (unpaired) electrons. The number of nitrogens with zero attached hydrogens (tertiary/aromatic N) is 2. The van der Waals surface area contributed by atoms with Crippen molar-refractivity contribution >= 4 is 17.5 Å². The standard InChI is InChI=1S/C20H22FN3O2/c1-15-3-2-4-18(13-15)23-9-11-24(12-10-23)20(26)19(25)22-14-16-5-7-17(21)8-6-16/h2-8,13H,9-12,14H2,1H3,(H,22,25). The average molecular weight is 355 g/mol. The minimum Gasteiger partial charge on any atom is -0.368 e. The van der Waals surface area contributed by atoms with Crippen molar-refractivity contribution < 1.29 is 14.0 Å². The van der Waals surface area contributed by atoms with Crippen LogP contribution in [0.1, 0.15) is 11.1 Å². The molecule has 0 saturated carbocycles.